The van der Waals surface area contributed by atoms with E-state index in [-0.39, 0.29) is 17.7 Å². The molecule has 0 saturated carbocycles. The Morgan fingerprint density at radius 1 is 1.38 bits per heavy atom. The number of hydrogen-bond acceptors (Lipinski definition) is 4. The van der Waals surface area contributed by atoms with Crippen LogP contribution in [0.2, 0.25) is 0 Å². The number of hydrogen-bond donors (Lipinski definition) is 1. The first kappa shape index (κ1) is 9.40. The molecule has 76 valence electrons. The molecule has 2 rings (SSSR count). The second-order valence-electron chi connectivity index (χ2n) is 3.81. The number of nitrogens with two attached hydrogens (primary N) is 1. The summed E-state index contributed by atoms with van der Waals surface area (Å²) >= 11 is 0. The third kappa shape index (κ3) is 1.48. The fraction of sp³-hybridized carbons (Fsp3) is 1.00. The lowest BCUT2D eigenvalue weighted by Crippen LogP contribution is -2.50. The van der Waals surface area contributed by atoms with E-state index in [0.717, 1.165) is 26.1 Å². The Labute approximate surface area is 78.3 Å². The highest BCUT2D eigenvalue weighted by Crippen LogP contribution is 2.36. The summed E-state index contributed by atoms with van der Waals surface area (Å²) < 4.78 is 16.5. The summed E-state index contributed by atoms with van der Waals surface area (Å²) in [5, 5.41) is 0. The molecule has 2 saturated heterocycles. The van der Waals surface area contributed by atoms with Gasteiger partial charge < -0.3 is 19.9 Å². The van der Waals surface area contributed by atoms with Crippen LogP contribution in [0.1, 0.15) is 12.8 Å². The minimum Gasteiger partial charge on any atom is -0.381 e. The van der Waals surface area contributed by atoms with E-state index in [0.29, 0.717) is 6.61 Å². The Morgan fingerprint density at radius 3 is 2.69 bits per heavy atom. The maximum absolute atomic E-state index is 5.90. The van der Waals surface area contributed by atoms with Crippen molar-refractivity contribution in [3.8, 4) is 0 Å². The molecular weight excluding hydrogens is 170 g/mol. The molecular formula is C9H17NO3. The summed E-state index contributed by atoms with van der Waals surface area (Å²) in [5.41, 5.74) is 5.74. The minimum atomic E-state index is -0.160. The van der Waals surface area contributed by atoms with E-state index in [1.54, 1.807) is 7.11 Å². The van der Waals surface area contributed by atoms with Crippen LogP contribution >= 0.6 is 0 Å². The van der Waals surface area contributed by atoms with E-state index in [9.17, 15) is 0 Å². The topological polar surface area (TPSA) is 53.7 Å². The smallest absolute Gasteiger partial charge is 0.103 e. The Hall–Kier alpha value is -0.160. The zero-order chi connectivity index (χ0) is 9.31. The number of rotatable bonds is 1. The number of methoxy groups -OCH3 is 1. The summed E-state index contributed by atoms with van der Waals surface area (Å²) in [6.07, 6.45) is 1.84. The van der Waals surface area contributed by atoms with Gasteiger partial charge in [0.1, 0.15) is 11.7 Å². The summed E-state index contributed by atoms with van der Waals surface area (Å²) in [5.74, 6) is 0. The monoisotopic (exact) mass is 187 g/mol. The third-order valence-corrected chi connectivity index (χ3v) is 3.06. The van der Waals surface area contributed by atoms with Gasteiger partial charge in [0.15, 0.2) is 0 Å². The van der Waals surface area contributed by atoms with Crippen LogP contribution in [0.4, 0.5) is 0 Å². The van der Waals surface area contributed by atoms with Gasteiger partial charge >= 0.3 is 0 Å². The van der Waals surface area contributed by atoms with E-state index in [4.69, 9.17) is 19.9 Å². The average Bonchev–Trinajstić information content (AvgIpc) is 2.45. The molecule has 0 aromatic carbocycles. The molecule has 0 aliphatic carbocycles. The first-order chi connectivity index (χ1) is 6.28. The highest BCUT2D eigenvalue weighted by molar-refractivity contribution is 5.01. The van der Waals surface area contributed by atoms with Gasteiger partial charge in [0.25, 0.3) is 0 Å². The van der Waals surface area contributed by atoms with Crippen molar-refractivity contribution in [1.29, 1.82) is 0 Å². The lowest BCUT2D eigenvalue weighted by molar-refractivity contribution is -0.128. The van der Waals surface area contributed by atoms with Crippen molar-refractivity contribution < 1.29 is 14.2 Å². The second kappa shape index (κ2) is 3.53. The molecule has 13 heavy (non-hydrogen) atoms. The first-order valence-corrected chi connectivity index (χ1v) is 4.78. The molecule has 2 atom stereocenters. The molecule has 2 heterocycles. The van der Waals surface area contributed by atoms with E-state index in [1.165, 1.54) is 0 Å². The summed E-state index contributed by atoms with van der Waals surface area (Å²) in [4.78, 5) is 0. The Morgan fingerprint density at radius 2 is 2.08 bits per heavy atom. The lowest BCUT2D eigenvalue weighted by atomic mass is 9.87. The summed E-state index contributed by atoms with van der Waals surface area (Å²) in [6.45, 7) is 2.12. The van der Waals surface area contributed by atoms with Crippen LogP contribution in [-0.2, 0) is 14.2 Å². The molecule has 0 bridgehead atoms. The van der Waals surface area contributed by atoms with Gasteiger partial charge in [-0.1, -0.05) is 0 Å². The van der Waals surface area contributed by atoms with Crippen molar-refractivity contribution in [1.82, 2.24) is 0 Å². The van der Waals surface area contributed by atoms with Crippen LogP contribution in [0.5, 0.6) is 0 Å². The zero-order valence-electron chi connectivity index (χ0n) is 7.99. The normalized spacial score (nSPS) is 38.3. The molecule has 4 nitrogen and oxygen atoms in total. The van der Waals surface area contributed by atoms with E-state index in [2.05, 4.69) is 0 Å². The predicted molar refractivity (Wildman–Crippen MR) is 47.5 cm³/mol. The molecule has 2 N–H and O–H groups in total. The van der Waals surface area contributed by atoms with E-state index in [1.807, 2.05) is 0 Å². The van der Waals surface area contributed by atoms with Crippen molar-refractivity contribution in [3.63, 3.8) is 0 Å². The second-order valence-corrected chi connectivity index (χ2v) is 3.81. The zero-order valence-corrected chi connectivity index (χ0v) is 7.99. The van der Waals surface area contributed by atoms with E-state index < -0.39 is 0 Å². The van der Waals surface area contributed by atoms with Crippen LogP contribution in [0.15, 0.2) is 0 Å². The molecule has 4 heteroatoms. The molecule has 1 spiro atoms. The highest BCUT2D eigenvalue weighted by Gasteiger charge is 2.49. The fourth-order valence-electron chi connectivity index (χ4n) is 2.36. The molecule has 0 unspecified atom stereocenters. The van der Waals surface area contributed by atoms with Gasteiger partial charge in [0.05, 0.1) is 12.6 Å². The summed E-state index contributed by atoms with van der Waals surface area (Å²) in [7, 11) is 1.70. The third-order valence-electron chi connectivity index (χ3n) is 3.06. The van der Waals surface area contributed by atoms with Gasteiger partial charge in [0, 0.05) is 33.2 Å². The predicted octanol–water partition coefficient (Wildman–Crippen LogP) is -0.0919. The molecule has 0 aromatic heterocycles. The van der Waals surface area contributed by atoms with Gasteiger partial charge in [-0.3, -0.25) is 0 Å². The average molecular weight is 187 g/mol. The maximum Gasteiger partial charge on any atom is 0.103 e. The van der Waals surface area contributed by atoms with Gasteiger partial charge in [-0.2, -0.15) is 0 Å². The van der Waals surface area contributed by atoms with Crippen molar-refractivity contribution in [3.05, 3.63) is 0 Å². The lowest BCUT2D eigenvalue weighted by Gasteiger charge is -2.37. The first-order valence-electron chi connectivity index (χ1n) is 4.78. The van der Waals surface area contributed by atoms with Gasteiger partial charge in [-0.25, -0.2) is 0 Å². The molecule has 0 aromatic rings. The van der Waals surface area contributed by atoms with Crippen molar-refractivity contribution in [2.75, 3.05) is 26.9 Å². The molecule has 2 aliphatic rings. The van der Waals surface area contributed by atoms with Gasteiger partial charge in [0.2, 0.25) is 0 Å². The number of ether oxygens (including phenoxy) is 3. The minimum absolute atomic E-state index is 0.0168. The largest absolute Gasteiger partial charge is 0.381 e. The van der Waals surface area contributed by atoms with Crippen molar-refractivity contribution >= 4 is 0 Å². The van der Waals surface area contributed by atoms with Crippen LogP contribution in [0, 0.1) is 0 Å². The quantitative estimate of drug-likeness (QED) is 0.623. The molecule has 0 radical (unpaired) electrons. The standard InChI is InChI=1S/C9H17NO3/c1-11-8-7(10)6-13-9(8)2-4-12-5-3-9/h7-8H,2-6,10H2,1H3/t7-,8+/m0/s1. The van der Waals surface area contributed by atoms with Crippen molar-refractivity contribution in [2.24, 2.45) is 5.73 Å². The molecule has 2 fully saturated rings. The van der Waals surface area contributed by atoms with Crippen LogP contribution in [0.25, 0.3) is 0 Å². The van der Waals surface area contributed by atoms with Crippen LogP contribution in [0.3, 0.4) is 0 Å². The van der Waals surface area contributed by atoms with Gasteiger partial charge in [-0.05, 0) is 0 Å². The van der Waals surface area contributed by atoms with Gasteiger partial charge in [-0.15, -0.1) is 0 Å². The Kier molecular flexibility index (Phi) is 2.55. The van der Waals surface area contributed by atoms with E-state index >= 15 is 0 Å². The Balaban J connectivity index is 2.11. The SMILES string of the molecule is CO[C@@H]1[C@@H](N)COC12CCOCC2. The highest BCUT2D eigenvalue weighted by atomic mass is 16.6. The fourth-order valence-corrected chi connectivity index (χ4v) is 2.36. The maximum atomic E-state index is 5.90. The van der Waals surface area contributed by atoms with Crippen LogP contribution < -0.4 is 5.73 Å². The molecule has 0 amide bonds. The Bertz CT molecular complexity index is 174. The van der Waals surface area contributed by atoms with Crippen LogP contribution in [-0.4, -0.2) is 44.7 Å². The summed E-state index contributed by atoms with van der Waals surface area (Å²) in [6, 6.07) is 0.0168. The van der Waals surface area contributed by atoms with Crippen molar-refractivity contribution in [2.45, 2.75) is 30.6 Å². The molecule has 2 aliphatic heterocycles.